The van der Waals surface area contributed by atoms with Gasteiger partial charge in [0.2, 0.25) is 5.91 Å². The quantitative estimate of drug-likeness (QED) is 0.185. The van der Waals surface area contributed by atoms with E-state index in [1.54, 1.807) is 30.3 Å². The van der Waals surface area contributed by atoms with E-state index < -0.39 is 17.3 Å². The maximum Gasteiger partial charge on any atom is 0.416 e. The molecule has 1 amide bonds. The summed E-state index contributed by atoms with van der Waals surface area (Å²) in [5.41, 5.74) is 0.395. The van der Waals surface area contributed by atoms with Gasteiger partial charge in [-0.1, -0.05) is 72.4 Å². The predicted octanol–water partition coefficient (Wildman–Crippen LogP) is 6.77. The number of para-hydroxylation sites is 1. The van der Waals surface area contributed by atoms with Crippen LogP contribution in [0.25, 0.3) is 38.4 Å². The van der Waals surface area contributed by atoms with Crippen LogP contribution < -0.4 is 10.9 Å². The summed E-state index contributed by atoms with van der Waals surface area (Å²) >= 11 is 0.974. The summed E-state index contributed by atoms with van der Waals surface area (Å²) in [5, 5.41) is 5.53. The van der Waals surface area contributed by atoms with Crippen molar-refractivity contribution in [1.29, 1.82) is 0 Å². The molecular weight excluding hydrogens is 525 g/mol. The van der Waals surface area contributed by atoms with Crippen molar-refractivity contribution in [1.82, 2.24) is 14.5 Å². The summed E-state index contributed by atoms with van der Waals surface area (Å²) in [5.74, 6) is -0.470. The number of hydrogen-bond acceptors (Lipinski definition) is 4. The summed E-state index contributed by atoms with van der Waals surface area (Å²) in [7, 11) is 0. The first-order chi connectivity index (χ1) is 18.8. The zero-order valence-corrected chi connectivity index (χ0v) is 20.9. The van der Waals surface area contributed by atoms with Crippen molar-refractivity contribution in [2.75, 3.05) is 11.1 Å². The van der Waals surface area contributed by atoms with Gasteiger partial charge in [-0.25, -0.2) is 4.98 Å². The number of carbonyl (C=O) groups is 1. The van der Waals surface area contributed by atoms with Crippen LogP contribution in [0.1, 0.15) is 5.56 Å². The van der Waals surface area contributed by atoms with Crippen LogP contribution in [-0.2, 0) is 11.0 Å². The van der Waals surface area contributed by atoms with Crippen LogP contribution in [0.3, 0.4) is 0 Å². The molecule has 6 rings (SSSR count). The van der Waals surface area contributed by atoms with Gasteiger partial charge in [0.15, 0.2) is 5.16 Å². The molecule has 0 saturated carbocycles. The maximum atomic E-state index is 13.7. The molecule has 2 aromatic heterocycles. The lowest BCUT2D eigenvalue weighted by molar-refractivity contribution is -0.137. The van der Waals surface area contributed by atoms with Crippen molar-refractivity contribution in [3.63, 3.8) is 0 Å². The predicted molar refractivity (Wildman–Crippen MR) is 148 cm³/mol. The molecule has 39 heavy (non-hydrogen) atoms. The number of nitrogens with zero attached hydrogens (tertiary/aromatic N) is 2. The fraction of sp³-hybridized carbons (Fsp3) is 0.0690. The average molecular weight is 545 g/mol. The van der Waals surface area contributed by atoms with Crippen molar-refractivity contribution in [2.45, 2.75) is 11.3 Å². The topological polar surface area (TPSA) is 79.8 Å². The minimum Gasteiger partial charge on any atom is -0.349 e. The van der Waals surface area contributed by atoms with Crippen molar-refractivity contribution in [2.24, 2.45) is 0 Å². The molecule has 0 aliphatic heterocycles. The Bertz CT molecular complexity index is 1940. The summed E-state index contributed by atoms with van der Waals surface area (Å²) in [4.78, 5) is 34.3. The van der Waals surface area contributed by atoms with E-state index in [2.05, 4.69) is 15.3 Å². The maximum absolute atomic E-state index is 13.7. The van der Waals surface area contributed by atoms with Gasteiger partial charge in [-0.05, 0) is 35.7 Å². The summed E-state index contributed by atoms with van der Waals surface area (Å²) in [6, 6.07) is 24.9. The van der Waals surface area contributed by atoms with E-state index in [1.165, 1.54) is 12.1 Å². The third kappa shape index (κ3) is 4.63. The molecule has 0 saturated heterocycles. The van der Waals surface area contributed by atoms with Crippen LogP contribution in [0.15, 0.2) is 101 Å². The molecule has 0 aliphatic rings. The molecular formula is C29H19F3N4O2S. The molecule has 0 bridgehead atoms. The Morgan fingerprint density at radius 1 is 0.923 bits per heavy atom. The van der Waals surface area contributed by atoms with Crippen LogP contribution in [-0.4, -0.2) is 26.2 Å². The molecule has 194 valence electrons. The number of fused-ring (bicyclic) bond motifs is 4. The molecule has 0 fully saturated rings. The number of thioether (sulfide) groups is 1. The fourth-order valence-corrected chi connectivity index (χ4v) is 5.34. The minimum atomic E-state index is -4.59. The molecule has 2 heterocycles. The number of rotatable bonds is 5. The van der Waals surface area contributed by atoms with Crippen LogP contribution in [0.5, 0.6) is 0 Å². The Labute approximate surface area is 223 Å². The lowest BCUT2D eigenvalue weighted by Crippen LogP contribution is -2.23. The number of benzene rings is 4. The van der Waals surface area contributed by atoms with Gasteiger partial charge in [0.25, 0.3) is 5.56 Å². The van der Waals surface area contributed by atoms with Crippen LogP contribution in [0.4, 0.5) is 18.9 Å². The number of hydrogen-bond donors (Lipinski definition) is 2. The van der Waals surface area contributed by atoms with Gasteiger partial charge >= 0.3 is 6.18 Å². The van der Waals surface area contributed by atoms with E-state index in [9.17, 15) is 22.8 Å². The average Bonchev–Trinajstić information content (AvgIpc) is 3.31. The zero-order valence-electron chi connectivity index (χ0n) is 20.1. The molecule has 0 radical (unpaired) electrons. The number of alkyl halides is 3. The fourth-order valence-electron chi connectivity index (χ4n) is 4.54. The van der Waals surface area contributed by atoms with E-state index >= 15 is 0 Å². The Morgan fingerprint density at radius 3 is 2.46 bits per heavy atom. The molecule has 6 aromatic rings. The van der Waals surface area contributed by atoms with Crippen molar-refractivity contribution < 1.29 is 18.0 Å². The molecule has 0 atom stereocenters. The van der Waals surface area contributed by atoms with Gasteiger partial charge in [0, 0.05) is 22.0 Å². The number of anilines is 1. The Balaban J connectivity index is 1.41. The highest BCUT2D eigenvalue weighted by molar-refractivity contribution is 7.99. The van der Waals surface area contributed by atoms with E-state index in [1.807, 2.05) is 36.4 Å². The Morgan fingerprint density at radius 2 is 1.64 bits per heavy atom. The third-order valence-corrected chi connectivity index (χ3v) is 7.26. The van der Waals surface area contributed by atoms with Gasteiger partial charge in [0.1, 0.15) is 11.0 Å². The molecule has 10 heteroatoms. The van der Waals surface area contributed by atoms with Gasteiger partial charge in [-0.3, -0.25) is 14.2 Å². The summed E-state index contributed by atoms with van der Waals surface area (Å²) < 4.78 is 41.6. The van der Waals surface area contributed by atoms with Crippen LogP contribution >= 0.6 is 11.8 Å². The Hall–Kier alpha value is -4.57. The van der Waals surface area contributed by atoms with E-state index in [-0.39, 0.29) is 28.0 Å². The van der Waals surface area contributed by atoms with Crippen molar-refractivity contribution in [3.8, 4) is 5.69 Å². The molecule has 0 unspecified atom stereocenters. The first-order valence-corrected chi connectivity index (χ1v) is 12.9. The number of amides is 1. The molecule has 6 nitrogen and oxygen atoms in total. The van der Waals surface area contributed by atoms with Crippen LogP contribution in [0, 0.1) is 0 Å². The van der Waals surface area contributed by atoms with E-state index in [4.69, 9.17) is 0 Å². The monoisotopic (exact) mass is 544 g/mol. The second-order valence-corrected chi connectivity index (χ2v) is 9.78. The number of aromatic amines is 1. The number of carbonyl (C=O) groups excluding carboxylic acids is 1. The van der Waals surface area contributed by atoms with E-state index in [0.29, 0.717) is 22.1 Å². The van der Waals surface area contributed by atoms with Crippen molar-refractivity contribution >= 4 is 56.1 Å². The number of halogens is 3. The normalized spacial score (nSPS) is 11.9. The van der Waals surface area contributed by atoms with Gasteiger partial charge in [-0.15, -0.1) is 0 Å². The third-order valence-electron chi connectivity index (χ3n) is 6.32. The summed E-state index contributed by atoms with van der Waals surface area (Å²) in [6.07, 6.45) is -4.59. The number of nitrogens with one attached hydrogen (secondary N) is 2. The Kier molecular flexibility index (Phi) is 6.11. The second kappa shape index (κ2) is 9.63. The highest BCUT2D eigenvalue weighted by Crippen LogP contribution is 2.32. The second-order valence-electron chi connectivity index (χ2n) is 8.84. The molecule has 0 spiro atoms. The first kappa shape index (κ1) is 24.7. The van der Waals surface area contributed by atoms with Gasteiger partial charge in [-0.2, -0.15) is 13.2 Å². The summed E-state index contributed by atoms with van der Waals surface area (Å²) in [6.45, 7) is 0. The number of aromatic nitrogens is 3. The molecule has 2 N–H and O–H groups in total. The highest BCUT2D eigenvalue weighted by atomic mass is 32.2. The van der Waals surface area contributed by atoms with Gasteiger partial charge in [0.05, 0.1) is 17.0 Å². The lowest BCUT2D eigenvalue weighted by Gasteiger charge is -2.14. The SMILES string of the molecule is O=C(CSc1nc2c([nH]c3ccccc32)c(=O)n1-c1cccc(C(F)(F)F)c1)Nc1cccc2ccccc12. The van der Waals surface area contributed by atoms with Crippen molar-refractivity contribution in [3.05, 3.63) is 107 Å². The molecule has 0 aliphatic carbocycles. The number of H-pyrrole nitrogens is 1. The standard InChI is InChI=1S/C29H19F3N4O2S/c30-29(31,32)18-9-6-10-19(15-18)36-27(38)26-25(21-12-3-4-13-23(21)34-26)35-28(36)39-16-24(37)33-22-14-5-8-17-7-1-2-11-20(17)22/h1-15,34H,16H2,(H,33,37). The highest BCUT2D eigenvalue weighted by Gasteiger charge is 2.31. The zero-order chi connectivity index (χ0) is 27.1. The minimum absolute atomic E-state index is 0.000146. The van der Waals surface area contributed by atoms with E-state index in [0.717, 1.165) is 39.2 Å². The lowest BCUT2D eigenvalue weighted by atomic mass is 10.1. The smallest absolute Gasteiger partial charge is 0.349 e. The first-order valence-electron chi connectivity index (χ1n) is 11.9. The van der Waals surface area contributed by atoms with Gasteiger partial charge < -0.3 is 10.3 Å². The largest absolute Gasteiger partial charge is 0.416 e. The van der Waals surface area contributed by atoms with Crippen LogP contribution in [0.2, 0.25) is 0 Å². The molecule has 4 aromatic carbocycles.